The number of rotatable bonds is 5. The van der Waals surface area contributed by atoms with Gasteiger partial charge >= 0.3 is 0 Å². The SMILES string of the molecule is CC(N)Cc1ccc(Sc2ccc(C(C)C)cc2)cc1Br. The van der Waals surface area contributed by atoms with Crippen molar-refractivity contribution in [2.45, 2.75) is 48.9 Å². The molecule has 2 aromatic rings. The lowest BCUT2D eigenvalue weighted by molar-refractivity contribution is 0.735. The Bertz CT molecular complexity index is 591. The lowest BCUT2D eigenvalue weighted by Crippen LogP contribution is -2.17. The molecule has 0 aliphatic rings. The van der Waals surface area contributed by atoms with Gasteiger partial charge in [-0.15, -0.1) is 0 Å². The van der Waals surface area contributed by atoms with Gasteiger partial charge in [0, 0.05) is 20.3 Å². The summed E-state index contributed by atoms with van der Waals surface area (Å²) >= 11 is 5.44. The Kier molecular flexibility index (Phi) is 5.91. The van der Waals surface area contributed by atoms with E-state index in [2.05, 4.69) is 72.2 Å². The minimum absolute atomic E-state index is 0.184. The lowest BCUT2D eigenvalue weighted by Gasteiger charge is -2.10. The molecule has 0 radical (unpaired) electrons. The van der Waals surface area contributed by atoms with E-state index in [1.54, 1.807) is 11.8 Å². The van der Waals surface area contributed by atoms with Crippen LogP contribution in [0, 0.1) is 0 Å². The minimum atomic E-state index is 0.184. The van der Waals surface area contributed by atoms with Crippen LogP contribution in [0.5, 0.6) is 0 Å². The smallest absolute Gasteiger partial charge is 0.0219 e. The van der Waals surface area contributed by atoms with Crippen molar-refractivity contribution in [1.82, 2.24) is 0 Å². The minimum Gasteiger partial charge on any atom is -0.328 e. The highest BCUT2D eigenvalue weighted by Crippen LogP contribution is 2.32. The maximum absolute atomic E-state index is 5.87. The molecule has 112 valence electrons. The molecule has 0 aliphatic carbocycles. The molecule has 0 spiro atoms. The van der Waals surface area contributed by atoms with Gasteiger partial charge in [-0.1, -0.05) is 59.7 Å². The Hall–Kier alpha value is -0.770. The molecule has 1 nitrogen and oxygen atoms in total. The summed E-state index contributed by atoms with van der Waals surface area (Å²) in [4.78, 5) is 2.51. The third-order valence-corrected chi connectivity index (χ3v) is 5.08. The van der Waals surface area contributed by atoms with Crippen LogP contribution in [0.15, 0.2) is 56.7 Å². The van der Waals surface area contributed by atoms with E-state index in [9.17, 15) is 0 Å². The Morgan fingerprint density at radius 2 is 1.62 bits per heavy atom. The summed E-state index contributed by atoms with van der Waals surface area (Å²) in [5.41, 5.74) is 8.52. The van der Waals surface area contributed by atoms with Crippen molar-refractivity contribution in [1.29, 1.82) is 0 Å². The van der Waals surface area contributed by atoms with E-state index in [0.29, 0.717) is 5.92 Å². The molecule has 0 aliphatic heterocycles. The molecule has 1 atom stereocenters. The second-order valence-electron chi connectivity index (χ2n) is 5.76. The largest absolute Gasteiger partial charge is 0.328 e. The number of nitrogens with two attached hydrogens (primary N) is 1. The van der Waals surface area contributed by atoms with Crippen LogP contribution >= 0.6 is 27.7 Å². The van der Waals surface area contributed by atoms with E-state index >= 15 is 0 Å². The molecule has 2 aromatic carbocycles. The first-order chi connectivity index (χ1) is 9.95. The average molecular weight is 364 g/mol. The summed E-state index contributed by atoms with van der Waals surface area (Å²) in [6, 6.07) is 15.5. The number of halogens is 1. The molecule has 21 heavy (non-hydrogen) atoms. The van der Waals surface area contributed by atoms with E-state index in [4.69, 9.17) is 5.73 Å². The zero-order chi connectivity index (χ0) is 15.4. The summed E-state index contributed by atoms with van der Waals surface area (Å²) in [6.07, 6.45) is 0.897. The molecule has 0 amide bonds. The molecule has 0 aromatic heterocycles. The molecule has 0 saturated carbocycles. The van der Waals surface area contributed by atoms with Gasteiger partial charge in [-0.2, -0.15) is 0 Å². The first-order valence-electron chi connectivity index (χ1n) is 7.27. The molecular weight excluding hydrogens is 342 g/mol. The van der Waals surface area contributed by atoms with Crippen molar-refractivity contribution >= 4 is 27.7 Å². The van der Waals surface area contributed by atoms with Gasteiger partial charge in [-0.05, 0) is 54.7 Å². The summed E-state index contributed by atoms with van der Waals surface area (Å²) in [6.45, 7) is 6.47. The third-order valence-electron chi connectivity index (χ3n) is 3.35. The van der Waals surface area contributed by atoms with Crippen molar-refractivity contribution < 1.29 is 0 Å². The predicted octanol–water partition coefficient (Wildman–Crippen LogP) is 5.61. The normalized spacial score (nSPS) is 12.7. The summed E-state index contributed by atoms with van der Waals surface area (Å²) < 4.78 is 1.14. The van der Waals surface area contributed by atoms with Crippen LogP contribution in [0.1, 0.15) is 37.8 Å². The van der Waals surface area contributed by atoms with Crippen LogP contribution in [0.25, 0.3) is 0 Å². The Morgan fingerprint density at radius 1 is 1.00 bits per heavy atom. The predicted molar refractivity (Wildman–Crippen MR) is 96.1 cm³/mol. The summed E-state index contributed by atoms with van der Waals surface area (Å²) in [5.74, 6) is 0.579. The van der Waals surface area contributed by atoms with Gasteiger partial charge in [-0.25, -0.2) is 0 Å². The maximum Gasteiger partial charge on any atom is 0.0219 e. The zero-order valence-electron chi connectivity index (χ0n) is 12.8. The van der Waals surface area contributed by atoms with Crippen molar-refractivity contribution in [3.05, 3.63) is 58.1 Å². The highest BCUT2D eigenvalue weighted by molar-refractivity contribution is 9.10. The molecule has 0 fully saturated rings. The fourth-order valence-corrected chi connectivity index (χ4v) is 3.71. The van der Waals surface area contributed by atoms with E-state index in [1.165, 1.54) is 20.9 Å². The first-order valence-corrected chi connectivity index (χ1v) is 8.88. The quantitative estimate of drug-likeness (QED) is 0.746. The third kappa shape index (κ3) is 4.87. The van der Waals surface area contributed by atoms with Crippen LogP contribution < -0.4 is 5.73 Å². The van der Waals surface area contributed by atoms with Crippen LogP contribution in [0.2, 0.25) is 0 Å². The average Bonchev–Trinajstić information content (AvgIpc) is 2.42. The molecular formula is C18H22BrNS. The fourth-order valence-electron chi connectivity index (χ4n) is 2.16. The van der Waals surface area contributed by atoms with Gasteiger partial charge in [-0.3, -0.25) is 0 Å². The maximum atomic E-state index is 5.87. The van der Waals surface area contributed by atoms with Gasteiger partial charge < -0.3 is 5.73 Å². The van der Waals surface area contributed by atoms with Crippen LogP contribution in [0.3, 0.4) is 0 Å². The standard InChI is InChI=1S/C18H22BrNS/c1-12(2)14-4-7-16(8-5-14)21-17-9-6-15(10-13(3)20)18(19)11-17/h4-9,11-13H,10,20H2,1-3H3. The van der Waals surface area contributed by atoms with Crippen molar-refractivity contribution in [3.63, 3.8) is 0 Å². The van der Waals surface area contributed by atoms with Gasteiger partial charge in [0.15, 0.2) is 0 Å². The molecule has 2 N–H and O–H groups in total. The Labute approximate surface area is 140 Å². The molecule has 3 heteroatoms. The highest BCUT2D eigenvalue weighted by atomic mass is 79.9. The van der Waals surface area contributed by atoms with E-state index < -0.39 is 0 Å². The summed E-state index contributed by atoms with van der Waals surface area (Å²) in [5, 5.41) is 0. The van der Waals surface area contributed by atoms with Crippen molar-refractivity contribution in [2.75, 3.05) is 0 Å². The second-order valence-corrected chi connectivity index (χ2v) is 7.76. The molecule has 0 saturated heterocycles. The van der Waals surface area contributed by atoms with E-state index in [1.807, 2.05) is 6.92 Å². The zero-order valence-corrected chi connectivity index (χ0v) is 15.2. The second kappa shape index (κ2) is 7.48. The lowest BCUT2D eigenvalue weighted by atomic mass is 10.0. The number of hydrogen-bond acceptors (Lipinski definition) is 2. The Morgan fingerprint density at radius 3 is 2.14 bits per heavy atom. The molecule has 1 unspecified atom stereocenters. The molecule has 0 heterocycles. The fraction of sp³-hybridized carbons (Fsp3) is 0.333. The number of benzene rings is 2. The van der Waals surface area contributed by atoms with Crippen molar-refractivity contribution in [2.24, 2.45) is 5.73 Å². The van der Waals surface area contributed by atoms with E-state index in [0.717, 1.165) is 10.9 Å². The van der Waals surface area contributed by atoms with Gasteiger partial charge in [0.1, 0.15) is 0 Å². The van der Waals surface area contributed by atoms with Gasteiger partial charge in [0.2, 0.25) is 0 Å². The molecule has 0 bridgehead atoms. The van der Waals surface area contributed by atoms with E-state index in [-0.39, 0.29) is 6.04 Å². The Balaban J connectivity index is 2.11. The van der Waals surface area contributed by atoms with Gasteiger partial charge in [0.05, 0.1) is 0 Å². The van der Waals surface area contributed by atoms with Crippen molar-refractivity contribution in [3.8, 4) is 0 Å². The first kappa shape index (κ1) is 16.6. The van der Waals surface area contributed by atoms with Crippen LogP contribution in [-0.4, -0.2) is 6.04 Å². The van der Waals surface area contributed by atoms with Crippen LogP contribution in [0.4, 0.5) is 0 Å². The number of hydrogen-bond donors (Lipinski definition) is 1. The molecule has 2 rings (SSSR count). The van der Waals surface area contributed by atoms with Crippen LogP contribution in [-0.2, 0) is 6.42 Å². The highest BCUT2D eigenvalue weighted by Gasteiger charge is 2.06. The summed E-state index contributed by atoms with van der Waals surface area (Å²) in [7, 11) is 0. The monoisotopic (exact) mass is 363 g/mol. The van der Waals surface area contributed by atoms with Gasteiger partial charge in [0.25, 0.3) is 0 Å². The topological polar surface area (TPSA) is 26.0 Å².